The van der Waals surface area contributed by atoms with E-state index >= 15 is 0 Å². The molecule has 11 heteroatoms. The van der Waals surface area contributed by atoms with E-state index in [4.69, 9.17) is 27.9 Å². The van der Waals surface area contributed by atoms with Crippen molar-refractivity contribution in [3.05, 3.63) is 87.9 Å². The highest BCUT2D eigenvalue weighted by Crippen LogP contribution is 2.33. The molecule has 0 aliphatic rings. The van der Waals surface area contributed by atoms with Crippen LogP contribution in [0.4, 0.5) is 5.69 Å². The van der Waals surface area contributed by atoms with Crippen molar-refractivity contribution in [2.45, 2.75) is 44.7 Å². The molecule has 0 fully saturated rings. The molecule has 2 amide bonds. The lowest BCUT2D eigenvalue weighted by Gasteiger charge is -2.32. The molecular formula is C29H33Cl2N3O5S. The fraction of sp³-hybridized carbons (Fsp3) is 0.310. The smallest absolute Gasteiger partial charge is 0.264 e. The summed E-state index contributed by atoms with van der Waals surface area (Å²) in [6.45, 7) is 5.23. The lowest BCUT2D eigenvalue weighted by molar-refractivity contribution is -0.139. The second-order valence-electron chi connectivity index (χ2n) is 9.26. The Kier molecular flexibility index (Phi) is 10.8. The zero-order valence-electron chi connectivity index (χ0n) is 22.9. The van der Waals surface area contributed by atoms with Crippen LogP contribution < -0.4 is 14.4 Å². The van der Waals surface area contributed by atoms with Gasteiger partial charge in [-0.1, -0.05) is 60.0 Å². The van der Waals surface area contributed by atoms with Gasteiger partial charge in [-0.05, 0) is 68.3 Å². The molecule has 214 valence electrons. The summed E-state index contributed by atoms with van der Waals surface area (Å²) in [7, 11) is -2.73. The van der Waals surface area contributed by atoms with Gasteiger partial charge in [0.15, 0.2) is 0 Å². The zero-order valence-corrected chi connectivity index (χ0v) is 25.2. The van der Waals surface area contributed by atoms with Crippen molar-refractivity contribution in [2.24, 2.45) is 0 Å². The molecule has 0 aliphatic carbocycles. The lowest BCUT2D eigenvalue weighted by Crippen LogP contribution is -2.51. The number of aryl methyl sites for hydroxylation is 1. The number of rotatable bonds is 12. The summed E-state index contributed by atoms with van der Waals surface area (Å²) in [5.74, 6) is -0.372. The van der Waals surface area contributed by atoms with Gasteiger partial charge in [0.2, 0.25) is 11.8 Å². The summed E-state index contributed by atoms with van der Waals surface area (Å²) in [5.41, 5.74) is 1.63. The summed E-state index contributed by atoms with van der Waals surface area (Å²) >= 11 is 12.7. The molecule has 40 heavy (non-hydrogen) atoms. The van der Waals surface area contributed by atoms with Gasteiger partial charge in [0, 0.05) is 18.1 Å². The number of carbonyl (C=O) groups excluding carboxylic acids is 2. The highest BCUT2D eigenvalue weighted by molar-refractivity contribution is 7.92. The molecule has 3 rings (SSSR count). The number of halogens is 2. The molecule has 0 saturated carbocycles. The van der Waals surface area contributed by atoms with Crippen molar-refractivity contribution in [2.75, 3.05) is 24.5 Å². The molecule has 0 radical (unpaired) electrons. The third-order valence-electron chi connectivity index (χ3n) is 6.27. The third-order valence-corrected chi connectivity index (χ3v) is 8.60. The number of ether oxygens (including phenoxy) is 1. The highest BCUT2D eigenvalue weighted by atomic mass is 35.5. The summed E-state index contributed by atoms with van der Waals surface area (Å²) in [4.78, 5) is 28.3. The number of nitrogens with zero attached hydrogens (tertiary/aromatic N) is 2. The second kappa shape index (κ2) is 13.9. The van der Waals surface area contributed by atoms with Gasteiger partial charge in [0.05, 0.1) is 22.7 Å². The lowest BCUT2D eigenvalue weighted by atomic mass is 10.1. The van der Waals surface area contributed by atoms with Crippen molar-refractivity contribution < 1.29 is 22.7 Å². The van der Waals surface area contributed by atoms with Crippen molar-refractivity contribution >= 4 is 50.7 Å². The molecule has 0 spiro atoms. The minimum atomic E-state index is -4.26. The zero-order chi connectivity index (χ0) is 29.4. The summed E-state index contributed by atoms with van der Waals surface area (Å²) < 4.78 is 34.1. The number of sulfonamides is 1. The quantitative estimate of drug-likeness (QED) is 0.296. The standard InChI is InChI=1S/C29H33Cl2N3O5S/c1-5-15-32-29(36)21(3)33(18-22-7-6-8-24(16-22)39-4)28(35)19-34(27-17-23(30)11-14-26(27)31)40(37,38)25-12-9-20(2)10-13-25/h6-14,16-17,21H,5,15,18-19H2,1-4H3,(H,32,36)/t21-/m0/s1. The first-order chi connectivity index (χ1) is 19.0. The first-order valence-corrected chi connectivity index (χ1v) is 14.9. The van der Waals surface area contributed by atoms with Crippen LogP contribution in [0.2, 0.25) is 10.0 Å². The van der Waals surface area contributed by atoms with E-state index in [0.717, 1.165) is 16.3 Å². The van der Waals surface area contributed by atoms with Crippen LogP contribution in [-0.2, 0) is 26.2 Å². The summed E-state index contributed by atoms with van der Waals surface area (Å²) in [6, 6.07) is 16.9. The largest absolute Gasteiger partial charge is 0.497 e. The maximum atomic E-state index is 14.0. The van der Waals surface area contributed by atoms with Crippen LogP contribution in [0.25, 0.3) is 0 Å². The number of methoxy groups -OCH3 is 1. The minimum absolute atomic E-state index is 0.0185. The summed E-state index contributed by atoms with van der Waals surface area (Å²) in [6.07, 6.45) is 0.720. The predicted octanol–water partition coefficient (Wildman–Crippen LogP) is 5.45. The topological polar surface area (TPSA) is 96.0 Å². The average Bonchev–Trinajstić information content (AvgIpc) is 2.94. The van der Waals surface area contributed by atoms with Crippen LogP contribution >= 0.6 is 23.2 Å². The maximum absolute atomic E-state index is 14.0. The Bertz CT molecular complexity index is 1450. The number of carbonyl (C=O) groups is 2. The van der Waals surface area contributed by atoms with E-state index in [1.807, 2.05) is 13.8 Å². The van der Waals surface area contributed by atoms with Gasteiger partial charge in [-0.25, -0.2) is 8.42 Å². The Labute approximate surface area is 245 Å². The number of benzene rings is 3. The van der Waals surface area contributed by atoms with Gasteiger partial charge >= 0.3 is 0 Å². The second-order valence-corrected chi connectivity index (χ2v) is 12.0. The van der Waals surface area contributed by atoms with E-state index in [2.05, 4.69) is 5.32 Å². The normalized spacial score (nSPS) is 11.9. The first-order valence-electron chi connectivity index (χ1n) is 12.7. The molecule has 0 heterocycles. The van der Waals surface area contributed by atoms with Crippen LogP contribution in [0, 0.1) is 6.92 Å². The van der Waals surface area contributed by atoms with Gasteiger partial charge in [-0.3, -0.25) is 13.9 Å². The van der Waals surface area contributed by atoms with Gasteiger partial charge in [-0.2, -0.15) is 0 Å². The molecule has 8 nitrogen and oxygen atoms in total. The number of hydrogen-bond acceptors (Lipinski definition) is 5. The van der Waals surface area contributed by atoms with E-state index < -0.39 is 28.5 Å². The van der Waals surface area contributed by atoms with E-state index in [1.54, 1.807) is 43.3 Å². The van der Waals surface area contributed by atoms with Crippen LogP contribution in [0.3, 0.4) is 0 Å². The molecule has 0 saturated heterocycles. The van der Waals surface area contributed by atoms with Crippen molar-refractivity contribution in [3.8, 4) is 5.75 Å². The van der Waals surface area contributed by atoms with E-state index in [1.165, 1.54) is 42.3 Å². The van der Waals surface area contributed by atoms with Crippen LogP contribution in [-0.4, -0.2) is 51.4 Å². The van der Waals surface area contributed by atoms with Gasteiger partial charge < -0.3 is 15.0 Å². The SMILES string of the molecule is CCCNC(=O)[C@H](C)N(Cc1cccc(OC)c1)C(=O)CN(c1cc(Cl)ccc1Cl)S(=O)(=O)c1ccc(C)cc1. The molecule has 0 aromatic heterocycles. The maximum Gasteiger partial charge on any atom is 0.264 e. The molecule has 0 bridgehead atoms. The van der Waals surface area contributed by atoms with Crippen LogP contribution in [0.15, 0.2) is 71.6 Å². The van der Waals surface area contributed by atoms with Crippen molar-refractivity contribution in [1.82, 2.24) is 10.2 Å². The van der Waals surface area contributed by atoms with E-state index in [9.17, 15) is 18.0 Å². The van der Waals surface area contributed by atoms with Gasteiger partial charge in [-0.15, -0.1) is 0 Å². The Morgan fingerprint density at radius 3 is 2.38 bits per heavy atom. The van der Waals surface area contributed by atoms with Crippen molar-refractivity contribution in [3.63, 3.8) is 0 Å². The Morgan fingerprint density at radius 2 is 1.73 bits per heavy atom. The number of hydrogen-bond donors (Lipinski definition) is 1. The van der Waals surface area contributed by atoms with E-state index in [-0.39, 0.29) is 33.1 Å². The van der Waals surface area contributed by atoms with Crippen LogP contribution in [0.5, 0.6) is 5.75 Å². The minimum Gasteiger partial charge on any atom is -0.497 e. The molecular weight excluding hydrogens is 573 g/mol. The molecule has 0 aliphatic heterocycles. The third kappa shape index (κ3) is 7.68. The molecule has 3 aromatic carbocycles. The molecule has 1 atom stereocenters. The van der Waals surface area contributed by atoms with Crippen LogP contribution in [0.1, 0.15) is 31.4 Å². The number of amides is 2. The number of anilines is 1. The number of nitrogens with one attached hydrogen (secondary N) is 1. The Morgan fingerprint density at radius 1 is 1.02 bits per heavy atom. The first kappa shape index (κ1) is 31.3. The molecule has 1 N–H and O–H groups in total. The molecule has 3 aromatic rings. The molecule has 0 unspecified atom stereocenters. The average molecular weight is 607 g/mol. The van der Waals surface area contributed by atoms with Gasteiger partial charge in [0.25, 0.3) is 10.0 Å². The fourth-order valence-electron chi connectivity index (χ4n) is 3.97. The highest BCUT2D eigenvalue weighted by Gasteiger charge is 2.33. The van der Waals surface area contributed by atoms with Gasteiger partial charge in [0.1, 0.15) is 18.3 Å². The Balaban J connectivity index is 2.07. The van der Waals surface area contributed by atoms with Crippen molar-refractivity contribution in [1.29, 1.82) is 0 Å². The van der Waals surface area contributed by atoms with E-state index in [0.29, 0.717) is 17.9 Å². The summed E-state index contributed by atoms with van der Waals surface area (Å²) in [5, 5.41) is 3.16. The fourth-order valence-corrected chi connectivity index (χ4v) is 5.83. The monoisotopic (exact) mass is 605 g/mol. The predicted molar refractivity (Wildman–Crippen MR) is 158 cm³/mol. The Hall–Kier alpha value is -3.27.